The number of hydrogen-bond donors (Lipinski definition) is 1. The Morgan fingerprint density at radius 1 is 0.844 bits per heavy atom. The Labute approximate surface area is 188 Å². The number of hydrogen-bond acceptors (Lipinski definition) is 5. The van der Waals surface area contributed by atoms with Gasteiger partial charge in [0.1, 0.15) is 23.9 Å². The second-order valence-electron chi connectivity index (χ2n) is 7.10. The first-order valence-corrected chi connectivity index (χ1v) is 10.7. The van der Waals surface area contributed by atoms with E-state index in [1.54, 1.807) is 18.3 Å². The van der Waals surface area contributed by atoms with Gasteiger partial charge in [-0.15, -0.1) is 0 Å². The predicted molar refractivity (Wildman–Crippen MR) is 125 cm³/mol. The molecule has 3 rings (SSSR count). The van der Waals surface area contributed by atoms with Gasteiger partial charge in [-0.1, -0.05) is 43.7 Å². The quantitative estimate of drug-likeness (QED) is 0.249. The van der Waals surface area contributed by atoms with Crippen molar-refractivity contribution in [3.05, 3.63) is 90.0 Å². The van der Waals surface area contributed by atoms with Gasteiger partial charge in [0.15, 0.2) is 6.61 Å². The smallest absolute Gasteiger partial charge is 0.277 e. The number of unbranched alkanes of at least 4 members (excludes halogenated alkanes) is 1. The van der Waals surface area contributed by atoms with E-state index in [4.69, 9.17) is 14.2 Å². The van der Waals surface area contributed by atoms with E-state index in [1.165, 1.54) is 0 Å². The Bertz CT molecular complexity index is 971. The second-order valence-corrected chi connectivity index (χ2v) is 7.10. The molecule has 0 unspecified atom stereocenters. The van der Waals surface area contributed by atoms with Crippen molar-refractivity contribution in [3.8, 4) is 17.2 Å². The van der Waals surface area contributed by atoms with Crippen molar-refractivity contribution >= 4 is 12.1 Å². The third-order valence-electron chi connectivity index (χ3n) is 4.49. The van der Waals surface area contributed by atoms with E-state index < -0.39 is 0 Å². The predicted octanol–water partition coefficient (Wildman–Crippen LogP) is 4.97. The number of benzene rings is 3. The monoisotopic (exact) mass is 432 g/mol. The van der Waals surface area contributed by atoms with Crippen LogP contribution in [0.3, 0.4) is 0 Å². The normalized spacial score (nSPS) is 10.7. The standard InChI is InChI=1S/C26H28N2O4/c1-2-3-17-30-23-11-9-21(10-12-23)18-27-28-26(29)20-32-25-15-13-24(14-16-25)31-19-22-7-5-4-6-8-22/h4-16,18H,2-3,17,19-20H2,1H3,(H,28,29)/b27-18+. The molecule has 0 saturated heterocycles. The highest BCUT2D eigenvalue weighted by Gasteiger charge is 2.02. The van der Waals surface area contributed by atoms with Gasteiger partial charge in [0, 0.05) is 0 Å². The summed E-state index contributed by atoms with van der Waals surface area (Å²) in [6, 6.07) is 24.6. The van der Waals surface area contributed by atoms with E-state index in [0.717, 1.165) is 35.5 Å². The van der Waals surface area contributed by atoms with Crippen molar-refractivity contribution in [2.24, 2.45) is 5.10 Å². The highest BCUT2D eigenvalue weighted by Crippen LogP contribution is 2.18. The minimum Gasteiger partial charge on any atom is -0.494 e. The van der Waals surface area contributed by atoms with Crippen LogP contribution in [0.4, 0.5) is 0 Å². The highest BCUT2D eigenvalue weighted by molar-refractivity contribution is 5.83. The molecule has 6 nitrogen and oxygen atoms in total. The maximum Gasteiger partial charge on any atom is 0.277 e. The summed E-state index contributed by atoms with van der Waals surface area (Å²) in [5.74, 6) is 1.79. The maximum absolute atomic E-state index is 11.9. The first kappa shape index (κ1) is 22.9. The van der Waals surface area contributed by atoms with Gasteiger partial charge in [-0.05, 0) is 66.1 Å². The zero-order chi connectivity index (χ0) is 22.4. The number of carbonyl (C=O) groups excluding carboxylic acids is 1. The molecule has 0 heterocycles. The molecule has 0 aromatic heterocycles. The molecule has 3 aromatic carbocycles. The van der Waals surface area contributed by atoms with Crippen LogP contribution < -0.4 is 19.6 Å². The van der Waals surface area contributed by atoms with E-state index >= 15 is 0 Å². The number of nitrogens with one attached hydrogen (secondary N) is 1. The molecule has 3 aromatic rings. The van der Waals surface area contributed by atoms with Crippen LogP contribution in [0.25, 0.3) is 0 Å². The number of carbonyl (C=O) groups is 1. The first-order chi connectivity index (χ1) is 15.7. The fourth-order valence-electron chi connectivity index (χ4n) is 2.72. The number of nitrogens with zero attached hydrogens (tertiary/aromatic N) is 1. The highest BCUT2D eigenvalue weighted by atomic mass is 16.5. The average Bonchev–Trinajstić information content (AvgIpc) is 2.84. The van der Waals surface area contributed by atoms with E-state index in [9.17, 15) is 4.79 Å². The molecule has 0 aliphatic heterocycles. The summed E-state index contributed by atoms with van der Waals surface area (Å²) < 4.78 is 16.9. The van der Waals surface area contributed by atoms with Gasteiger partial charge in [0.05, 0.1) is 12.8 Å². The Morgan fingerprint density at radius 3 is 2.16 bits per heavy atom. The van der Waals surface area contributed by atoms with E-state index in [-0.39, 0.29) is 12.5 Å². The van der Waals surface area contributed by atoms with Gasteiger partial charge >= 0.3 is 0 Å². The van der Waals surface area contributed by atoms with Crippen LogP contribution >= 0.6 is 0 Å². The Hall–Kier alpha value is -3.80. The SMILES string of the molecule is CCCCOc1ccc(/C=N/NC(=O)COc2ccc(OCc3ccccc3)cc2)cc1. The molecule has 0 atom stereocenters. The lowest BCUT2D eigenvalue weighted by atomic mass is 10.2. The molecule has 0 radical (unpaired) electrons. The number of amides is 1. The maximum atomic E-state index is 11.9. The lowest BCUT2D eigenvalue weighted by molar-refractivity contribution is -0.123. The zero-order valence-electron chi connectivity index (χ0n) is 18.2. The fraction of sp³-hybridized carbons (Fsp3) is 0.231. The third kappa shape index (κ3) is 8.14. The lowest BCUT2D eigenvalue weighted by Crippen LogP contribution is -2.24. The second kappa shape index (κ2) is 12.8. The van der Waals surface area contributed by atoms with Gasteiger partial charge < -0.3 is 14.2 Å². The van der Waals surface area contributed by atoms with E-state index in [0.29, 0.717) is 19.0 Å². The van der Waals surface area contributed by atoms with Gasteiger partial charge in [-0.3, -0.25) is 4.79 Å². The molecule has 0 spiro atoms. The average molecular weight is 433 g/mol. The van der Waals surface area contributed by atoms with Crippen LogP contribution in [0.2, 0.25) is 0 Å². The number of hydrazone groups is 1. The molecule has 1 N–H and O–H groups in total. The van der Waals surface area contributed by atoms with Gasteiger partial charge in [0.25, 0.3) is 5.91 Å². The van der Waals surface area contributed by atoms with Crippen LogP contribution in [-0.2, 0) is 11.4 Å². The topological polar surface area (TPSA) is 69.2 Å². The Morgan fingerprint density at radius 2 is 1.47 bits per heavy atom. The molecular weight excluding hydrogens is 404 g/mol. The fourth-order valence-corrected chi connectivity index (χ4v) is 2.72. The molecule has 166 valence electrons. The summed E-state index contributed by atoms with van der Waals surface area (Å²) in [5.41, 5.74) is 4.42. The minimum absolute atomic E-state index is 0.133. The van der Waals surface area contributed by atoms with Gasteiger partial charge in [-0.2, -0.15) is 5.10 Å². The summed E-state index contributed by atoms with van der Waals surface area (Å²) in [6.45, 7) is 3.20. The van der Waals surface area contributed by atoms with E-state index in [1.807, 2.05) is 66.7 Å². The first-order valence-electron chi connectivity index (χ1n) is 10.7. The van der Waals surface area contributed by atoms with Crippen molar-refractivity contribution in [1.82, 2.24) is 5.43 Å². The third-order valence-corrected chi connectivity index (χ3v) is 4.49. The lowest BCUT2D eigenvalue weighted by Gasteiger charge is -2.08. The Balaban J connectivity index is 1.36. The summed E-state index contributed by atoms with van der Waals surface area (Å²) in [4.78, 5) is 11.9. The molecule has 0 bridgehead atoms. The molecule has 0 saturated carbocycles. The van der Waals surface area contributed by atoms with Gasteiger partial charge in [0.2, 0.25) is 0 Å². The molecule has 0 aliphatic rings. The number of rotatable bonds is 12. The molecular formula is C26H28N2O4. The largest absolute Gasteiger partial charge is 0.494 e. The van der Waals surface area contributed by atoms with Crippen molar-refractivity contribution in [1.29, 1.82) is 0 Å². The van der Waals surface area contributed by atoms with Gasteiger partial charge in [-0.25, -0.2) is 5.43 Å². The van der Waals surface area contributed by atoms with Crippen LogP contribution in [-0.4, -0.2) is 25.3 Å². The summed E-state index contributed by atoms with van der Waals surface area (Å²) in [7, 11) is 0. The van der Waals surface area contributed by atoms with Crippen LogP contribution in [0.1, 0.15) is 30.9 Å². The van der Waals surface area contributed by atoms with Crippen LogP contribution in [0.5, 0.6) is 17.2 Å². The molecule has 6 heteroatoms. The summed E-state index contributed by atoms with van der Waals surface area (Å²) >= 11 is 0. The summed E-state index contributed by atoms with van der Waals surface area (Å²) in [5, 5.41) is 3.96. The van der Waals surface area contributed by atoms with Crippen molar-refractivity contribution in [2.45, 2.75) is 26.4 Å². The van der Waals surface area contributed by atoms with Crippen molar-refractivity contribution in [2.75, 3.05) is 13.2 Å². The molecule has 1 amide bonds. The Kier molecular flexibility index (Phi) is 9.15. The molecule has 0 fully saturated rings. The summed E-state index contributed by atoms with van der Waals surface area (Å²) in [6.07, 6.45) is 3.71. The van der Waals surface area contributed by atoms with E-state index in [2.05, 4.69) is 17.5 Å². The van der Waals surface area contributed by atoms with Crippen molar-refractivity contribution in [3.63, 3.8) is 0 Å². The molecule has 32 heavy (non-hydrogen) atoms. The van der Waals surface area contributed by atoms with Crippen LogP contribution in [0, 0.1) is 0 Å². The van der Waals surface area contributed by atoms with Crippen molar-refractivity contribution < 1.29 is 19.0 Å². The molecule has 0 aliphatic carbocycles. The minimum atomic E-state index is -0.342. The number of ether oxygens (including phenoxy) is 3. The van der Waals surface area contributed by atoms with Crippen LogP contribution in [0.15, 0.2) is 84.0 Å². The zero-order valence-corrected chi connectivity index (χ0v) is 18.2.